The summed E-state index contributed by atoms with van der Waals surface area (Å²) in [6.07, 6.45) is -17.2. The molecule has 0 bridgehead atoms. The molecule has 3 aliphatic heterocycles. The maximum Gasteiger partial charge on any atom is 0.186 e. The highest BCUT2D eigenvalue weighted by Gasteiger charge is 2.75. The van der Waals surface area contributed by atoms with E-state index in [0.29, 0.717) is 44.9 Å². The van der Waals surface area contributed by atoms with Gasteiger partial charge in [-0.25, -0.2) is 0 Å². The van der Waals surface area contributed by atoms with Crippen molar-refractivity contribution in [2.75, 3.05) is 34.0 Å². The van der Waals surface area contributed by atoms with Crippen molar-refractivity contribution in [2.24, 2.45) is 46.3 Å². The van der Waals surface area contributed by atoms with Gasteiger partial charge in [0, 0.05) is 26.1 Å². The molecule has 26 atom stereocenters. The number of ether oxygens (including phenoxy) is 8. The van der Waals surface area contributed by atoms with Gasteiger partial charge >= 0.3 is 0 Å². The van der Waals surface area contributed by atoms with Gasteiger partial charge in [0.05, 0.1) is 50.3 Å². The molecule has 7 rings (SSSR count). The Labute approximate surface area is 369 Å². The average Bonchev–Trinajstić information content (AvgIpc) is 3.67. The van der Waals surface area contributed by atoms with Crippen LogP contribution in [0.4, 0.5) is 0 Å². The van der Waals surface area contributed by atoms with Gasteiger partial charge in [-0.1, -0.05) is 34.6 Å². The molecule has 366 valence electrons. The summed E-state index contributed by atoms with van der Waals surface area (Å²) in [5.41, 5.74) is -3.35. The largest absolute Gasteiger partial charge is 0.393 e. The summed E-state index contributed by atoms with van der Waals surface area (Å²) in [4.78, 5) is 0. The van der Waals surface area contributed by atoms with E-state index in [1.54, 1.807) is 0 Å². The van der Waals surface area contributed by atoms with Crippen LogP contribution in [0.25, 0.3) is 0 Å². The van der Waals surface area contributed by atoms with Gasteiger partial charge in [-0.15, -0.1) is 0 Å². The Hall–Kier alpha value is -0.760. The highest BCUT2D eigenvalue weighted by Crippen LogP contribution is 2.70. The number of aliphatic hydroxyl groups is 11. The van der Waals surface area contributed by atoms with Crippen LogP contribution in [0, 0.1) is 46.3 Å². The molecule has 19 nitrogen and oxygen atoms in total. The van der Waals surface area contributed by atoms with Gasteiger partial charge in [0.2, 0.25) is 0 Å². The molecule has 0 spiro atoms. The first-order valence-electron chi connectivity index (χ1n) is 23.0. The lowest BCUT2D eigenvalue weighted by Crippen LogP contribution is -2.77. The van der Waals surface area contributed by atoms with Gasteiger partial charge in [-0.3, -0.25) is 0 Å². The van der Waals surface area contributed by atoms with Crippen LogP contribution in [0.3, 0.4) is 0 Å². The number of hydrogen-bond acceptors (Lipinski definition) is 19. The molecule has 4 saturated carbocycles. The van der Waals surface area contributed by atoms with Crippen LogP contribution in [-0.2, 0) is 37.9 Å². The van der Waals surface area contributed by atoms with Crippen molar-refractivity contribution in [2.45, 2.75) is 196 Å². The van der Waals surface area contributed by atoms with Crippen LogP contribution in [-0.4, -0.2) is 206 Å². The minimum Gasteiger partial charge on any atom is -0.393 e. The molecule has 19 heteroatoms. The van der Waals surface area contributed by atoms with E-state index in [1.165, 1.54) is 14.2 Å². The Kier molecular flexibility index (Phi) is 15.4. The summed E-state index contributed by atoms with van der Waals surface area (Å²) in [5.74, 6) is -2.32. The summed E-state index contributed by atoms with van der Waals surface area (Å²) in [5, 5.41) is 123. The molecular formula is C44H76O19. The predicted molar refractivity (Wildman–Crippen MR) is 217 cm³/mol. The van der Waals surface area contributed by atoms with Gasteiger partial charge in [0.15, 0.2) is 18.9 Å². The smallest absolute Gasteiger partial charge is 0.186 e. The molecule has 11 N–H and O–H groups in total. The molecule has 0 aromatic rings. The Morgan fingerprint density at radius 2 is 1.27 bits per heavy atom. The summed E-state index contributed by atoms with van der Waals surface area (Å²) in [7, 11) is 2.70. The van der Waals surface area contributed by atoms with Crippen LogP contribution in [0.15, 0.2) is 0 Å². The van der Waals surface area contributed by atoms with E-state index in [4.69, 9.17) is 37.9 Å². The standard InChI is InChI=1S/C44H76O19/c1-18(2)24(61-39-34(53)32(51)26(63-39)17-60-40-35(56-6)29(48)22(46)15-58-40)9-8-19(3)20-14-21(45)37-42(20,4)13-11-27-43(5)12-10-25(31(50)28(43)33(52)38(54)44(27,37)55)62-41-36(57-7)30(49)23(47)16-59-41/h18-41,45-55H,8-17H2,1-7H3/t19-,20-,21-,22-,23-,24+,25+,26+,27-,28?,29+,30+,31+,32+,33-,34-,35-,36-,37-,38-,39-,40+,41+,42-,43-,44+/m1/s1. The lowest BCUT2D eigenvalue weighted by atomic mass is 9.40. The topological polar surface area (TPSA) is 296 Å². The van der Waals surface area contributed by atoms with Gasteiger partial charge in [0.1, 0.15) is 66.6 Å². The Bertz CT molecular complexity index is 1510. The number of fused-ring (bicyclic) bond motifs is 5. The van der Waals surface area contributed by atoms with Crippen LogP contribution < -0.4 is 0 Å². The first-order chi connectivity index (χ1) is 29.6. The van der Waals surface area contributed by atoms with Gasteiger partial charge in [-0.2, -0.15) is 0 Å². The average molecular weight is 909 g/mol. The highest BCUT2D eigenvalue weighted by atomic mass is 16.7. The van der Waals surface area contributed by atoms with Gasteiger partial charge in [0.25, 0.3) is 0 Å². The first kappa shape index (κ1) is 50.1. The molecule has 0 aromatic carbocycles. The van der Waals surface area contributed by atoms with E-state index >= 15 is 0 Å². The van der Waals surface area contributed by atoms with E-state index in [-0.39, 0.29) is 37.6 Å². The predicted octanol–water partition coefficient (Wildman–Crippen LogP) is -1.86. The van der Waals surface area contributed by atoms with E-state index in [1.807, 2.05) is 20.8 Å². The summed E-state index contributed by atoms with van der Waals surface area (Å²) in [6, 6.07) is 0. The highest BCUT2D eigenvalue weighted by molar-refractivity contribution is 5.24. The van der Waals surface area contributed by atoms with E-state index < -0.39 is 145 Å². The van der Waals surface area contributed by atoms with Crippen molar-refractivity contribution < 1.29 is 94.1 Å². The quantitative estimate of drug-likeness (QED) is 0.0852. The molecule has 0 amide bonds. The van der Waals surface area contributed by atoms with Crippen LogP contribution in [0.1, 0.15) is 79.6 Å². The number of hydrogen-bond donors (Lipinski definition) is 11. The number of rotatable bonds is 14. The molecule has 63 heavy (non-hydrogen) atoms. The second-order valence-electron chi connectivity index (χ2n) is 20.8. The molecule has 0 radical (unpaired) electrons. The molecule has 7 fully saturated rings. The van der Waals surface area contributed by atoms with Crippen molar-refractivity contribution in [3.05, 3.63) is 0 Å². The fourth-order valence-corrected chi connectivity index (χ4v) is 13.6. The molecule has 1 unspecified atom stereocenters. The normalized spacial score (nSPS) is 53.5. The molecule has 3 saturated heterocycles. The SMILES string of the molecule is CO[C@H]1[C@H](OC[C@@H]2O[C@@H](O[C@@H](CC[C@@H](C)[C@H]3C[C@@H](O)[C@@H]4[C@]3(C)CC[C@H]3[C@@]4(O)[C@H](O)[C@H](O)C4[C@@H](O)[C@@H](O[C@@H]5OC[C@@H](O)[C@H](O)[C@H]5OC)CC[C@@]43C)C(C)C)[C@H](O)[C@H]2O)OC[C@@H](O)[C@@H]1O. The van der Waals surface area contributed by atoms with E-state index in [9.17, 15) is 56.2 Å². The van der Waals surface area contributed by atoms with Crippen molar-refractivity contribution in [1.82, 2.24) is 0 Å². The number of aliphatic hydroxyl groups excluding tert-OH is 10. The number of methoxy groups -OCH3 is 2. The Morgan fingerprint density at radius 1 is 0.667 bits per heavy atom. The minimum absolute atomic E-state index is 0.0138. The maximum atomic E-state index is 13.0. The van der Waals surface area contributed by atoms with Crippen molar-refractivity contribution >= 4 is 0 Å². The molecule has 7 aliphatic rings. The van der Waals surface area contributed by atoms with Crippen molar-refractivity contribution in [3.63, 3.8) is 0 Å². The monoisotopic (exact) mass is 908 g/mol. The fourth-order valence-electron chi connectivity index (χ4n) is 13.6. The third-order valence-electron chi connectivity index (χ3n) is 17.0. The van der Waals surface area contributed by atoms with E-state index in [2.05, 4.69) is 13.8 Å². The zero-order chi connectivity index (χ0) is 46.1. The third kappa shape index (κ3) is 8.69. The Balaban J connectivity index is 0.989. The van der Waals surface area contributed by atoms with Crippen molar-refractivity contribution in [1.29, 1.82) is 0 Å². The lowest BCUT2D eigenvalue weighted by Gasteiger charge is -2.68. The van der Waals surface area contributed by atoms with Crippen LogP contribution >= 0.6 is 0 Å². The third-order valence-corrected chi connectivity index (χ3v) is 17.0. The molecule has 4 aliphatic carbocycles. The zero-order valence-electron chi connectivity index (χ0n) is 37.6. The van der Waals surface area contributed by atoms with Crippen LogP contribution in [0.2, 0.25) is 0 Å². The summed E-state index contributed by atoms with van der Waals surface area (Å²) >= 11 is 0. The first-order valence-corrected chi connectivity index (χ1v) is 23.0. The second kappa shape index (κ2) is 19.3. The maximum absolute atomic E-state index is 13.0. The van der Waals surface area contributed by atoms with Crippen molar-refractivity contribution in [3.8, 4) is 0 Å². The Morgan fingerprint density at radius 3 is 1.89 bits per heavy atom. The second-order valence-corrected chi connectivity index (χ2v) is 20.8. The molecule has 3 heterocycles. The summed E-state index contributed by atoms with van der Waals surface area (Å²) in [6.45, 7) is 9.50. The van der Waals surface area contributed by atoms with Crippen LogP contribution in [0.5, 0.6) is 0 Å². The molecule has 0 aromatic heterocycles. The summed E-state index contributed by atoms with van der Waals surface area (Å²) < 4.78 is 46.0. The minimum atomic E-state index is -1.87. The van der Waals surface area contributed by atoms with Gasteiger partial charge < -0.3 is 94.1 Å². The fraction of sp³-hybridized carbons (Fsp3) is 1.00. The van der Waals surface area contributed by atoms with E-state index in [0.717, 1.165) is 0 Å². The lowest BCUT2D eigenvalue weighted by molar-refractivity contribution is -0.339. The molecular weight excluding hydrogens is 832 g/mol. The zero-order valence-corrected chi connectivity index (χ0v) is 37.6. The van der Waals surface area contributed by atoms with Gasteiger partial charge in [-0.05, 0) is 79.4 Å².